The maximum absolute atomic E-state index is 13.5. The lowest BCUT2D eigenvalue weighted by Gasteiger charge is -2.34. The molecule has 1 aliphatic carbocycles. The van der Waals surface area contributed by atoms with Crippen LogP contribution in [0, 0.1) is 11.3 Å². The van der Waals surface area contributed by atoms with Crippen molar-refractivity contribution in [1.82, 2.24) is 0 Å². The van der Waals surface area contributed by atoms with Gasteiger partial charge < -0.3 is 4.74 Å². The molecule has 0 spiro atoms. The Hall–Kier alpha value is -2.43. The molecule has 29 heavy (non-hydrogen) atoms. The highest BCUT2D eigenvalue weighted by Gasteiger charge is 2.49. The molecule has 5 nitrogen and oxygen atoms in total. The summed E-state index contributed by atoms with van der Waals surface area (Å²) >= 11 is 0. The number of carbonyl (C=O) groups excluding carboxylic acids is 3. The Balaban J connectivity index is 2.01. The zero-order valence-electron chi connectivity index (χ0n) is 18.3. The number of ether oxygens (including phenoxy) is 1. The van der Waals surface area contributed by atoms with Crippen molar-refractivity contribution in [2.45, 2.75) is 65.7 Å². The summed E-state index contributed by atoms with van der Waals surface area (Å²) in [6.07, 6.45) is 4.01. The van der Waals surface area contributed by atoms with Crippen LogP contribution in [0.5, 0.6) is 5.75 Å². The molecule has 0 saturated carbocycles. The van der Waals surface area contributed by atoms with Gasteiger partial charge in [-0.25, -0.2) is 4.90 Å². The van der Waals surface area contributed by atoms with E-state index in [-0.39, 0.29) is 29.4 Å². The molecule has 0 radical (unpaired) electrons. The molecule has 3 rings (SSSR count). The van der Waals surface area contributed by atoms with Gasteiger partial charge in [-0.05, 0) is 53.5 Å². The summed E-state index contributed by atoms with van der Waals surface area (Å²) in [5.41, 5.74) is 1.69. The maximum atomic E-state index is 13.5. The first kappa shape index (κ1) is 21.3. The van der Waals surface area contributed by atoms with Crippen molar-refractivity contribution < 1.29 is 19.1 Å². The number of carbonyl (C=O) groups is 3. The summed E-state index contributed by atoms with van der Waals surface area (Å²) in [7, 11) is 1.60. The predicted molar refractivity (Wildman–Crippen MR) is 113 cm³/mol. The number of hydrogen-bond acceptors (Lipinski definition) is 4. The molecule has 1 aromatic carbocycles. The molecular formula is C24H31NO4. The average molecular weight is 398 g/mol. The summed E-state index contributed by atoms with van der Waals surface area (Å²) in [5, 5.41) is 0. The molecule has 0 unspecified atom stereocenters. The number of benzene rings is 1. The summed E-state index contributed by atoms with van der Waals surface area (Å²) in [6.45, 7) is 10.1. The van der Waals surface area contributed by atoms with Crippen LogP contribution in [0.15, 0.2) is 29.8 Å². The van der Waals surface area contributed by atoms with Crippen molar-refractivity contribution in [3.8, 4) is 5.75 Å². The average Bonchev–Trinajstić information content (AvgIpc) is 2.95. The molecule has 0 bridgehead atoms. The molecule has 1 fully saturated rings. The van der Waals surface area contributed by atoms with Crippen LogP contribution >= 0.6 is 0 Å². The smallest absolute Gasteiger partial charge is 0.238 e. The van der Waals surface area contributed by atoms with Crippen LogP contribution in [-0.2, 0) is 19.8 Å². The molecule has 2 aliphatic rings. The second kappa shape index (κ2) is 7.43. The minimum atomic E-state index is -0.536. The maximum Gasteiger partial charge on any atom is 0.238 e. The molecule has 1 heterocycles. The summed E-state index contributed by atoms with van der Waals surface area (Å²) < 4.78 is 5.36. The standard InChI is InChI=1S/C24H31NO4/c1-23(2,3)18-13-17(29-6)10-11-20(18)25-21(27)14-19(22(25)28)24(4,5)15-8-7-9-16(26)12-15/h10-13,19H,7-9,14H2,1-6H3/t19-/m0/s1. The zero-order chi connectivity index (χ0) is 21.6. The summed E-state index contributed by atoms with van der Waals surface area (Å²) in [4.78, 5) is 39.8. The van der Waals surface area contributed by atoms with Crippen LogP contribution in [0.3, 0.4) is 0 Å². The van der Waals surface area contributed by atoms with Crippen LogP contribution in [0.4, 0.5) is 5.69 Å². The van der Waals surface area contributed by atoms with Crippen molar-refractivity contribution in [3.05, 3.63) is 35.4 Å². The van der Waals surface area contributed by atoms with Crippen molar-refractivity contribution in [2.75, 3.05) is 12.0 Å². The monoisotopic (exact) mass is 397 g/mol. The molecule has 5 heteroatoms. The van der Waals surface area contributed by atoms with E-state index in [0.717, 1.165) is 24.0 Å². The van der Waals surface area contributed by atoms with Crippen LogP contribution in [0.2, 0.25) is 0 Å². The molecule has 1 aromatic rings. The van der Waals surface area contributed by atoms with E-state index in [1.807, 2.05) is 19.9 Å². The predicted octanol–water partition coefficient (Wildman–Crippen LogP) is 4.58. The third-order valence-corrected chi connectivity index (χ3v) is 6.30. The fourth-order valence-corrected chi connectivity index (χ4v) is 4.41. The van der Waals surface area contributed by atoms with E-state index in [2.05, 4.69) is 20.8 Å². The number of nitrogens with zero attached hydrogens (tertiary/aromatic N) is 1. The fraction of sp³-hybridized carbons (Fsp3) is 0.542. The third kappa shape index (κ3) is 3.87. The zero-order valence-corrected chi connectivity index (χ0v) is 18.3. The number of allylic oxidation sites excluding steroid dienone is 2. The van der Waals surface area contributed by atoms with Gasteiger partial charge in [-0.15, -0.1) is 0 Å². The molecule has 2 amide bonds. The van der Waals surface area contributed by atoms with Crippen molar-refractivity contribution in [1.29, 1.82) is 0 Å². The minimum Gasteiger partial charge on any atom is -0.497 e. The summed E-state index contributed by atoms with van der Waals surface area (Å²) in [6, 6.07) is 5.48. The SMILES string of the molecule is COc1ccc(N2C(=O)C[C@H](C(C)(C)C3=CC(=O)CCC3)C2=O)c(C(C)(C)C)c1. The molecule has 0 aromatic heterocycles. The van der Waals surface area contributed by atoms with E-state index in [1.54, 1.807) is 25.3 Å². The highest BCUT2D eigenvalue weighted by molar-refractivity contribution is 6.21. The van der Waals surface area contributed by atoms with Crippen molar-refractivity contribution in [2.24, 2.45) is 11.3 Å². The van der Waals surface area contributed by atoms with E-state index < -0.39 is 11.3 Å². The van der Waals surface area contributed by atoms with Crippen LogP contribution in [0.25, 0.3) is 0 Å². The number of rotatable bonds is 4. The van der Waals surface area contributed by atoms with Gasteiger partial charge in [0.25, 0.3) is 0 Å². The topological polar surface area (TPSA) is 63.7 Å². The highest BCUT2D eigenvalue weighted by atomic mass is 16.5. The molecule has 1 saturated heterocycles. The normalized spacial score (nSPS) is 20.9. The first-order chi connectivity index (χ1) is 13.5. The molecule has 1 aliphatic heterocycles. The first-order valence-corrected chi connectivity index (χ1v) is 10.3. The Kier molecular flexibility index (Phi) is 5.46. The largest absolute Gasteiger partial charge is 0.497 e. The van der Waals surface area contributed by atoms with E-state index in [9.17, 15) is 14.4 Å². The van der Waals surface area contributed by atoms with Gasteiger partial charge in [-0.1, -0.05) is 40.2 Å². The third-order valence-electron chi connectivity index (χ3n) is 6.30. The van der Waals surface area contributed by atoms with E-state index in [4.69, 9.17) is 4.74 Å². The fourth-order valence-electron chi connectivity index (χ4n) is 4.41. The second-order valence-corrected chi connectivity index (χ2v) is 9.67. The van der Waals surface area contributed by atoms with Crippen LogP contribution < -0.4 is 9.64 Å². The van der Waals surface area contributed by atoms with Gasteiger partial charge in [0.2, 0.25) is 11.8 Å². The van der Waals surface area contributed by atoms with Gasteiger partial charge in [-0.3, -0.25) is 14.4 Å². The second-order valence-electron chi connectivity index (χ2n) is 9.67. The lowest BCUT2D eigenvalue weighted by atomic mass is 9.69. The number of amides is 2. The van der Waals surface area contributed by atoms with Gasteiger partial charge in [0.15, 0.2) is 5.78 Å². The molecule has 156 valence electrons. The van der Waals surface area contributed by atoms with Gasteiger partial charge in [0.1, 0.15) is 5.75 Å². The van der Waals surface area contributed by atoms with Crippen molar-refractivity contribution in [3.63, 3.8) is 0 Å². The number of ketones is 1. The van der Waals surface area contributed by atoms with E-state index in [0.29, 0.717) is 17.9 Å². The Labute approximate surface area is 173 Å². The minimum absolute atomic E-state index is 0.109. The van der Waals surface area contributed by atoms with Gasteiger partial charge in [0, 0.05) is 12.8 Å². The Morgan fingerprint density at radius 3 is 2.31 bits per heavy atom. The Bertz CT molecular complexity index is 889. The number of methoxy groups -OCH3 is 1. The van der Waals surface area contributed by atoms with E-state index >= 15 is 0 Å². The number of hydrogen-bond donors (Lipinski definition) is 0. The first-order valence-electron chi connectivity index (χ1n) is 10.3. The highest BCUT2D eigenvalue weighted by Crippen LogP contribution is 2.46. The summed E-state index contributed by atoms with van der Waals surface area (Å²) in [5.74, 6) is -0.0400. The quantitative estimate of drug-likeness (QED) is 0.698. The Morgan fingerprint density at radius 2 is 1.72 bits per heavy atom. The van der Waals surface area contributed by atoms with Gasteiger partial charge in [-0.2, -0.15) is 0 Å². The number of anilines is 1. The van der Waals surface area contributed by atoms with Crippen LogP contribution in [0.1, 0.15) is 65.9 Å². The molecule has 1 atom stereocenters. The molecule has 0 N–H and O–H groups in total. The van der Waals surface area contributed by atoms with E-state index in [1.165, 1.54) is 4.90 Å². The number of imide groups is 1. The van der Waals surface area contributed by atoms with Crippen molar-refractivity contribution >= 4 is 23.3 Å². The molecular weight excluding hydrogens is 366 g/mol. The lowest BCUT2D eigenvalue weighted by Crippen LogP contribution is -2.37. The lowest BCUT2D eigenvalue weighted by molar-refractivity contribution is -0.124. The van der Waals surface area contributed by atoms with Gasteiger partial charge >= 0.3 is 0 Å². The van der Waals surface area contributed by atoms with Gasteiger partial charge in [0.05, 0.1) is 18.7 Å². The Morgan fingerprint density at radius 1 is 1.03 bits per heavy atom. The van der Waals surface area contributed by atoms with Crippen LogP contribution in [-0.4, -0.2) is 24.7 Å².